The molecule has 9 rings (SSSR count). The Morgan fingerprint density at radius 3 is 2.19 bits per heavy atom. The number of nitrogens with zero attached hydrogens (tertiary/aromatic N) is 4. The van der Waals surface area contributed by atoms with Crippen molar-refractivity contribution in [3.8, 4) is 39.6 Å². The van der Waals surface area contributed by atoms with Crippen LogP contribution in [0.3, 0.4) is 0 Å². The van der Waals surface area contributed by atoms with Crippen LogP contribution in [0.4, 0.5) is 4.39 Å². The minimum atomic E-state index is -0.374. The van der Waals surface area contributed by atoms with E-state index in [0.717, 1.165) is 39.1 Å². The summed E-state index contributed by atoms with van der Waals surface area (Å²) >= 11 is 0. The number of benzene rings is 5. The van der Waals surface area contributed by atoms with Gasteiger partial charge in [0.2, 0.25) is 0 Å². The van der Waals surface area contributed by atoms with E-state index in [1.54, 1.807) is 6.20 Å². The van der Waals surface area contributed by atoms with Crippen LogP contribution in [0.2, 0.25) is 0 Å². The van der Waals surface area contributed by atoms with Crippen molar-refractivity contribution in [2.75, 3.05) is 0 Å². The number of pyridine rings is 2. The Morgan fingerprint density at radius 1 is 0.667 bits per heavy atom. The number of halogens is 1. The van der Waals surface area contributed by atoms with Crippen molar-refractivity contribution < 1.29 is 28.9 Å². The van der Waals surface area contributed by atoms with Crippen LogP contribution in [0.15, 0.2) is 156 Å². The third-order valence-electron chi connectivity index (χ3n) is 7.87. The molecular weight excluding hydrogens is 776 g/mol. The molecule has 0 bridgehead atoms. The second-order valence-electron chi connectivity index (χ2n) is 10.8. The van der Waals surface area contributed by atoms with Crippen molar-refractivity contribution in [3.63, 3.8) is 0 Å². The number of rotatable bonds is 4. The summed E-state index contributed by atoms with van der Waals surface area (Å²) in [5, 5.41) is 1.15. The Hall–Kier alpha value is -5.75. The predicted octanol–water partition coefficient (Wildman–Crippen LogP) is 10.1. The van der Waals surface area contributed by atoms with Crippen LogP contribution in [-0.2, 0) is 20.1 Å². The summed E-state index contributed by atoms with van der Waals surface area (Å²) in [4.78, 5) is 14.1. The van der Waals surface area contributed by atoms with Crippen molar-refractivity contribution in [1.29, 1.82) is 0 Å². The molecule has 1 radical (unpaired) electrons. The average molecular weight is 801 g/mol. The summed E-state index contributed by atoms with van der Waals surface area (Å²) in [6, 6.07) is 52.6. The molecule has 233 valence electrons. The average Bonchev–Trinajstić information content (AvgIpc) is 3.73. The van der Waals surface area contributed by atoms with E-state index in [9.17, 15) is 4.39 Å². The van der Waals surface area contributed by atoms with Gasteiger partial charge in [0, 0.05) is 48.8 Å². The van der Waals surface area contributed by atoms with E-state index in [-0.39, 0.29) is 25.9 Å². The summed E-state index contributed by atoms with van der Waals surface area (Å²) in [7, 11) is 0. The zero-order valence-electron chi connectivity index (χ0n) is 25.3. The molecule has 5 aromatic carbocycles. The van der Waals surface area contributed by atoms with Gasteiger partial charge < -0.3 is 14.0 Å². The van der Waals surface area contributed by atoms with Gasteiger partial charge in [-0.15, -0.1) is 48.0 Å². The molecule has 0 unspecified atom stereocenters. The SMILES string of the molecule is Fc1c[c-]c(-c2nc3ccc(-c4ccccc4)nc3n2-c2ccccc2)c2oc3ccccc3c12.[Ir].[c-]1ccccc1-c1ccccn1. The zero-order chi connectivity index (χ0) is 31.6. The number of imidazole rings is 1. The van der Waals surface area contributed by atoms with E-state index in [1.807, 2.05) is 144 Å². The first-order valence-electron chi connectivity index (χ1n) is 15.1. The van der Waals surface area contributed by atoms with Crippen LogP contribution in [0, 0.1) is 17.9 Å². The van der Waals surface area contributed by atoms with Gasteiger partial charge >= 0.3 is 0 Å². The molecular formula is C41H25FIrN4O-2. The summed E-state index contributed by atoms with van der Waals surface area (Å²) < 4.78 is 23.1. The van der Waals surface area contributed by atoms with Crippen molar-refractivity contribution >= 4 is 33.1 Å². The van der Waals surface area contributed by atoms with Gasteiger partial charge in [-0.2, -0.15) is 0 Å². The standard InChI is InChI=1S/C30H17FN3O.C11H8N.Ir/c31-23-16-15-22(28-27(23)21-13-7-8-14-26(21)35-28)29-33-25-18-17-24(19-9-3-1-4-10-19)32-30(25)34(29)20-11-5-2-6-12-20;1-2-6-10(7-3-1)11-8-4-5-9-12-11;/h1-14,16-18H;1-6,8-9H;/q2*-1;. The third kappa shape index (κ3) is 5.82. The van der Waals surface area contributed by atoms with E-state index < -0.39 is 0 Å². The number of fused-ring (bicyclic) bond motifs is 4. The van der Waals surface area contributed by atoms with Crippen LogP contribution < -0.4 is 0 Å². The zero-order valence-corrected chi connectivity index (χ0v) is 27.7. The second-order valence-corrected chi connectivity index (χ2v) is 10.8. The number of furan rings is 1. The fraction of sp³-hybridized carbons (Fsp3) is 0. The summed E-state index contributed by atoms with van der Waals surface area (Å²) in [5.74, 6) is 0.216. The smallest absolute Gasteiger partial charge is 0.156 e. The van der Waals surface area contributed by atoms with Gasteiger partial charge in [0.25, 0.3) is 0 Å². The predicted molar refractivity (Wildman–Crippen MR) is 184 cm³/mol. The van der Waals surface area contributed by atoms with Crippen LogP contribution in [0.5, 0.6) is 0 Å². The topological polar surface area (TPSA) is 56.7 Å². The summed E-state index contributed by atoms with van der Waals surface area (Å²) in [6.07, 6.45) is 1.79. The van der Waals surface area contributed by atoms with Gasteiger partial charge in [0.15, 0.2) is 5.65 Å². The molecule has 0 aliphatic rings. The Labute approximate surface area is 289 Å². The maximum Gasteiger partial charge on any atom is 0.156 e. The molecule has 5 nitrogen and oxygen atoms in total. The molecule has 0 N–H and O–H groups in total. The molecule has 0 fully saturated rings. The Balaban J connectivity index is 0.000000237. The normalized spacial score (nSPS) is 10.9. The van der Waals surface area contributed by atoms with Gasteiger partial charge in [-0.1, -0.05) is 84.4 Å². The Bertz CT molecular complexity index is 2430. The first-order valence-corrected chi connectivity index (χ1v) is 15.1. The summed E-state index contributed by atoms with van der Waals surface area (Å²) in [5.41, 5.74) is 7.82. The first-order chi connectivity index (χ1) is 23.2. The van der Waals surface area contributed by atoms with Gasteiger partial charge in [-0.25, -0.2) is 4.98 Å². The minimum Gasteiger partial charge on any atom is -0.500 e. The summed E-state index contributed by atoms with van der Waals surface area (Å²) in [6.45, 7) is 0. The Morgan fingerprint density at radius 2 is 1.42 bits per heavy atom. The molecule has 9 aromatic rings. The molecule has 48 heavy (non-hydrogen) atoms. The van der Waals surface area contributed by atoms with E-state index in [2.05, 4.69) is 17.1 Å². The molecule has 7 heteroatoms. The molecule has 0 aliphatic carbocycles. The fourth-order valence-electron chi connectivity index (χ4n) is 5.69. The molecule has 0 amide bonds. The number of hydrogen-bond donors (Lipinski definition) is 0. The molecule has 0 aliphatic heterocycles. The minimum absolute atomic E-state index is 0. The van der Waals surface area contributed by atoms with Gasteiger partial charge in [-0.3, -0.25) is 9.37 Å². The van der Waals surface area contributed by atoms with Crippen LogP contribution in [0.25, 0.3) is 72.7 Å². The third-order valence-corrected chi connectivity index (χ3v) is 7.87. The van der Waals surface area contributed by atoms with Crippen LogP contribution in [0.1, 0.15) is 0 Å². The van der Waals surface area contributed by atoms with Crippen molar-refractivity contribution in [2.45, 2.75) is 0 Å². The van der Waals surface area contributed by atoms with E-state index in [4.69, 9.17) is 14.4 Å². The largest absolute Gasteiger partial charge is 0.500 e. The van der Waals surface area contributed by atoms with Crippen molar-refractivity contribution in [3.05, 3.63) is 170 Å². The van der Waals surface area contributed by atoms with Crippen molar-refractivity contribution in [2.24, 2.45) is 0 Å². The quantitative estimate of drug-likeness (QED) is 0.166. The fourth-order valence-corrected chi connectivity index (χ4v) is 5.69. The van der Waals surface area contributed by atoms with Gasteiger partial charge in [0.05, 0.1) is 22.6 Å². The van der Waals surface area contributed by atoms with E-state index >= 15 is 0 Å². The molecule has 0 saturated carbocycles. The second kappa shape index (κ2) is 13.5. The monoisotopic (exact) mass is 801 g/mol. The number of aromatic nitrogens is 4. The van der Waals surface area contributed by atoms with Crippen molar-refractivity contribution in [1.82, 2.24) is 19.5 Å². The van der Waals surface area contributed by atoms with Gasteiger partial charge in [0.1, 0.15) is 5.58 Å². The van der Waals surface area contributed by atoms with E-state index in [0.29, 0.717) is 33.6 Å². The van der Waals surface area contributed by atoms with Gasteiger partial charge in [-0.05, 0) is 47.5 Å². The maximum atomic E-state index is 15.0. The molecule has 0 saturated heterocycles. The van der Waals surface area contributed by atoms with E-state index in [1.165, 1.54) is 6.07 Å². The van der Waals surface area contributed by atoms with Crippen LogP contribution >= 0.6 is 0 Å². The molecule has 0 atom stereocenters. The Kier molecular flexibility index (Phi) is 8.71. The molecule has 4 heterocycles. The maximum absolute atomic E-state index is 15.0. The number of para-hydroxylation sites is 2. The molecule has 4 aromatic heterocycles. The molecule has 0 spiro atoms. The first kappa shape index (κ1) is 30.9. The number of hydrogen-bond acceptors (Lipinski definition) is 4. The van der Waals surface area contributed by atoms with Crippen LogP contribution in [-0.4, -0.2) is 19.5 Å².